The predicted molar refractivity (Wildman–Crippen MR) is 169 cm³/mol. The summed E-state index contributed by atoms with van der Waals surface area (Å²) in [5.41, 5.74) is 0.984. The summed E-state index contributed by atoms with van der Waals surface area (Å²) < 4.78 is 46.1. The van der Waals surface area contributed by atoms with E-state index in [0.29, 0.717) is 37.6 Å². The molecule has 1 aliphatic heterocycles. The van der Waals surface area contributed by atoms with Gasteiger partial charge in [-0.2, -0.15) is 4.31 Å². The molecule has 5 rings (SSSR count). The minimum atomic E-state index is -3.98. The van der Waals surface area contributed by atoms with Crippen molar-refractivity contribution in [3.63, 3.8) is 0 Å². The van der Waals surface area contributed by atoms with Gasteiger partial charge in [-0.15, -0.1) is 11.3 Å². The maximum absolute atomic E-state index is 14.1. The number of fused-ring (bicyclic) bond motifs is 1. The fourth-order valence-corrected chi connectivity index (χ4v) is 7.70. The van der Waals surface area contributed by atoms with Gasteiger partial charge in [-0.3, -0.25) is 4.79 Å². The molecule has 1 atom stereocenters. The lowest BCUT2D eigenvalue weighted by atomic mass is 10.1. The van der Waals surface area contributed by atoms with Gasteiger partial charge in [-0.1, -0.05) is 36.4 Å². The molecule has 1 aliphatic rings. The van der Waals surface area contributed by atoms with Crippen LogP contribution >= 0.6 is 11.3 Å². The van der Waals surface area contributed by atoms with Crippen molar-refractivity contribution < 1.29 is 27.4 Å². The third kappa shape index (κ3) is 7.56. The van der Waals surface area contributed by atoms with E-state index in [4.69, 9.17) is 14.2 Å². The van der Waals surface area contributed by atoms with Crippen LogP contribution in [0.1, 0.15) is 28.2 Å². The van der Waals surface area contributed by atoms with E-state index in [2.05, 4.69) is 0 Å². The van der Waals surface area contributed by atoms with Crippen LogP contribution in [0.2, 0.25) is 0 Å². The number of hydrogen-bond donors (Lipinski definition) is 0. The Labute approximate surface area is 257 Å². The van der Waals surface area contributed by atoms with Crippen molar-refractivity contribution in [1.29, 1.82) is 0 Å². The van der Waals surface area contributed by atoms with Crippen LogP contribution in [-0.4, -0.2) is 70.1 Å². The number of sulfonamides is 1. The van der Waals surface area contributed by atoms with Gasteiger partial charge < -0.3 is 19.1 Å². The number of benzene rings is 3. The Hall–Kier alpha value is -3.44. The molecule has 4 aromatic rings. The van der Waals surface area contributed by atoms with Gasteiger partial charge in [0.25, 0.3) is 0 Å². The molecule has 1 fully saturated rings. The van der Waals surface area contributed by atoms with Gasteiger partial charge >= 0.3 is 0 Å². The summed E-state index contributed by atoms with van der Waals surface area (Å²) in [5, 5.41) is 1.78. The maximum atomic E-state index is 14.1. The number of hydrogen-bond acceptors (Lipinski definition) is 7. The summed E-state index contributed by atoms with van der Waals surface area (Å²) in [4.78, 5) is 18.1. The third-order valence-electron chi connectivity index (χ3n) is 7.72. The Bertz CT molecular complexity index is 1660. The van der Waals surface area contributed by atoms with Crippen LogP contribution in [0.25, 0.3) is 10.8 Å². The molecule has 43 heavy (non-hydrogen) atoms. The molecule has 3 aromatic carbocycles. The molecule has 0 spiro atoms. The second-order valence-electron chi connectivity index (χ2n) is 10.7. The quantitative estimate of drug-likeness (QED) is 0.191. The van der Waals surface area contributed by atoms with Crippen LogP contribution in [0.5, 0.6) is 11.5 Å². The Morgan fingerprint density at radius 2 is 1.77 bits per heavy atom. The second-order valence-corrected chi connectivity index (χ2v) is 14.0. The fraction of sp³-hybridized carbons (Fsp3) is 0.364. The first-order chi connectivity index (χ1) is 20.8. The molecule has 0 bridgehead atoms. The first kappa shape index (κ1) is 31.0. The monoisotopic (exact) mass is 622 g/mol. The first-order valence-corrected chi connectivity index (χ1v) is 16.7. The molecule has 228 valence electrons. The maximum Gasteiger partial charge on any atom is 0.243 e. The van der Waals surface area contributed by atoms with Crippen LogP contribution < -0.4 is 9.47 Å². The van der Waals surface area contributed by atoms with Gasteiger partial charge in [-0.05, 0) is 78.9 Å². The highest BCUT2D eigenvalue weighted by atomic mass is 32.2. The smallest absolute Gasteiger partial charge is 0.243 e. The van der Waals surface area contributed by atoms with Crippen molar-refractivity contribution in [2.45, 2.75) is 43.7 Å². The lowest BCUT2D eigenvalue weighted by Gasteiger charge is -2.28. The normalized spacial score (nSPS) is 15.2. The zero-order valence-corrected chi connectivity index (χ0v) is 26.5. The van der Waals surface area contributed by atoms with E-state index in [-0.39, 0.29) is 30.0 Å². The number of aryl methyl sites for hydroxylation is 1. The summed E-state index contributed by atoms with van der Waals surface area (Å²) in [7, 11) is -0.798. The number of carbonyl (C=O) groups excluding carboxylic acids is 1. The Balaban J connectivity index is 1.41. The fourth-order valence-electron chi connectivity index (χ4n) is 5.34. The van der Waals surface area contributed by atoms with E-state index in [1.165, 1.54) is 4.31 Å². The number of rotatable bonds is 13. The van der Waals surface area contributed by atoms with E-state index in [1.807, 2.05) is 67.6 Å². The highest BCUT2D eigenvalue weighted by Crippen LogP contribution is 2.28. The lowest BCUT2D eigenvalue weighted by Crippen LogP contribution is -2.45. The Morgan fingerprint density at radius 3 is 2.47 bits per heavy atom. The first-order valence-electron chi connectivity index (χ1n) is 14.4. The zero-order chi connectivity index (χ0) is 30.4. The average Bonchev–Trinajstić information content (AvgIpc) is 3.69. The number of methoxy groups -OCH3 is 2. The van der Waals surface area contributed by atoms with Gasteiger partial charge in [-0.25, -0.2) is 8.42 Å². The molecular weight excluding hydrogens is 585 g/mol. The van der Waals surface area contributed by atoms with Gasteiger partial charge in [0, 0.05) is 29.5 Å². The molecule has 0 aliphatic carbocycles. The molecular formula is C33H38N2O6S2. The van der Waals surface area contributed by atoms with Crippen molar-refractivity contribution in [1.82, 2.24) is 9.21 Å². The third-order valence-corrected chi connectivity index (χ3v) is 10.5. The topological polar surface area (TPSA) is 85.4 Å². The molecule has 1 unspecified atom stereocenters. The largest absolute Gasteiger partial charge is 0.493 e. The summed E-state index contributed by atoms with van der Waals surface area (Å²) in [6.07, 6.45) is 1.95. The standard InChI is InChI=1S/C33H38N2O6S2/c1-24-10-13-29(42-24)22-34(17-16-25-11-15-31(39-2)32(19-25)40-3)33(36)23-35(21-28-9-6-18-41-28)43(37,38)30-14-12-26-7-4-5-8-27(26)20-30/h4-5,7-8,10-15,19-20,28H,6,9,16-18,21-23H2,1-3H3. The molecule has 1 aromatic heterocycles. The van der Waals surface area contributed by atoms with Gasteiger partial charge in [0.1, 0.15) is 0 Å². The Kier molecular flexibility index (Phi) is 10.0. The van der Waals surface area contributed by atoms with E-state index in [9.17, 15) is 13.2 Å². The summed E-state index contributed by atoms with van der Waals surface area (Å²) >= 11 is 1.63. The predicted octanol–water partition coefficient (Wildman–Crippen LogP) is 5.67. The van der Waals surface area contributed by atoms with Gasteiger partial charge in [0.2, 0.25) is 15.9 Å². The number of carbonyl (C=O) groups is 1. The molecule has 0 radical (unpaired) electrons. The van der Waals surface area contributed by atoms with Gasteiger partial charge in [0.05, 0.1) is 38.3 Å². The Morgan fingerprint density at radius 1 is 0.977 bits per heavy atom. The number of amides is 1. The van der Waals surface area contributed by atoms with E-state index < -0.39 is 10.0 Å². The molecule has 1 saturated heterocycles. The van der Waals surface area contributed by atoms with Gasteiger partial charge in [0.15, 0.2) is 11.5 Å². The van der Waals surface area contributed by atoms with Crippen molar-refractivity contribution in [2.75, 3.05) is 40.5 Å². The van der Waals surface area contributed by atoms with Crippen molar-refractivity contribution in [2.24, 2.45) is 0 Å². The summed E-state index contributed by atoms with van der Waals surface area (Å²) in [6.45, 7) is 3.29. The van der Waals surface area contributed by atoms with Crippen LogP contribution in [0.4, 0.5) is 0 Å². The van der Waals surface area contributed by atoms with Crippen LogP contribution in [-0.2, 0) is 32.5 Å². The average molecular weight is 623 g/mol. The number of thiophene rings is 1. The van der Waals surface area contributed by atoms with Crippen LogP contribution in [0.15, 0.2) is 77.7 Å². The minimum Gasteiger partial charge on any atom is -0.493 e. The molecule has 0 N–H and O–H groups in total. The molecule has 8 nitrogen and oxygen atoms in total. The molecule has 1 amide bonds. The van der Waals surface area contributed by atoms with Crippen molar-refractivity contribution in [3.8, 4) is 11.5 Å². The molecule has 2 heterocycles. The number of nitrogens with zero attached hydrogens (tertiary/aromatic N) is 2. The zero-order valence-electron chi connectivity index (χ0n) is 24.8. The second kappa shape index (κ2) is 13.9. The SMILES string of the molecule is COc1ccc(CCN(Cc2ccc(C)s2)C(=O)CN(CC2CCCO2)S(=O)(=O)c2ccc3ccccc3c2)cc1OC. The van der Waals surface area contributed by atoms with E-state index in [0.717, 1.165) is 38.9 Å². The van der Waals surface area contributed by atoms with Crippen LogP contribution in [0, 0.1) is 6.92 Å². The van der Waals surface area contributed by atoms with E-state index in [1.54, 1.807) is 42.6 Å². The minimum absolute atomic E-state index is 0.128. The number of ether oxygens (including phenoxy) is 3. The summed E-state index contributed by atoms with van der Waals surface area (Å²) in [5.74, 6) is 1.00. The van der Waals surface area contributed by atoms with Crippen molar-refractivity contribution in [3.05, 3.63) is 88.1 Å². The highest BCUT2D eigenvalue weighted by Gasteiger charge is 2.32. The highest BCUT2D eigenvalue weighted by molar-refractivity contribution is 7.89. The van der Waals surface area contributed by atoms with Crippen molar-refractivity contribution >= 4 is 38.0 Å². The van der Waals surface area contributed by atoms with E-state index >= 15 is 0 Å². The molecule has 10 heteroatoms. The van der Waals surface area contributed by atoms with Crippen LogP contribution in [0.3, 0.4) is 0 Å². The molecule has 0 saturated carbocycles. The lowest BCUT2D eigenvalue weighted by molar-refractivity contribution is -0.132. The summed E-state index contributed by atoms with van der Waals surface area (Å²) in [6, 6.07) is 22.5.